The van der Waals surface area contributed by atoms with E-state index in [0.717, 1.165) is 16.8 Å². The Labute approximate surface area is 189 Å². The van der Waals surface area contributed by atoms with E-state index in [1.54, 1.807) is 31.4 Å². The van der Waals surface area contributed by atoms with Crippen LogP contribution in [-0.2, 0) is 4.79 Å². The van der Waals surface area contributed by atoms with Gasteiger partial charge in [0.25, 0.3) is 0 Å². The molecule has 1 unspecified atom stereocenters. The highest BCUT2D eigenvalue weighted by atomic mass is 35.5. The maximum Gasteiger partial charge on any atom is 0.240 e. The highest BCUT2D eigenvalue weighted by Crippen LogP contribution is 2.38. The second-order valence-corrected chi connectivity index (χ2v) is 8.50. The molecule has 2 aromatic carbocycles. The molecule has 31 heavy (non-hydrogen) atoms. The molecule has 0 fully saturated rings. The van der Waals surface area contributed by atoms with Gasteiger partial charge in [-0.1, -0.05) is 53.7 Å². The summed E-state index contributed by atoms with van der Waals surface area (Å²) in [6, 6.07) is 20.9. The van der Waals surface area contributed by atoms with Crippen LogP contribution in [0.1, 0.15) is 10.8 Å². The average molecular weight is 450 g/mol. The summed E-state index contributed by atoms with van der Waals surface area (Å²) in [6.07, 6.45) is 3.43. The van der Waals surface area contributed by atoms with Crippen molar-refractivity contribution in [3.63, 3.8) is 0 Å². The number of benzene rings is 2. The van der Waals surface area contributed by atoms with Crippen LogP contribution in [0.25, 0.3) is 17.1 Å². The van der Waals surface area contributed by atoms with Crippen LogP contribution >= 0.6 is 23.4 Å². The van der Waals surface area contributed by atoms with Gasteiger partial charge in [-0.05, 0) is 42.0 Å². The van der Waals surface area contributed by atoms with E-state index in [-0.39, 0.29) is 5.91 Å². The summed E-state index contributed by atoms with van der Waals surface area (Å²) < 4.78 is 1.94. The van der Waals surface area contributed by atoms with Gasteiger partial charge in [0.15, 0.2) is 11.0 Å². The minimum absolute atomic E-state index is 0.0210. The van der Waals surface area contributed by atoms with Gasteiger partial charge in [-0.25, -0.2) is 0 Å². The van der Waals surface area contributed by atoms with Gasteiger partial charge in [-0.15, -0.1) is 10.2 Å². The molecule has 156 valence electrons. The number of pyridine rings is 1. The van der Waals surface area contributed by atoms with E-state index >= 15 is 0 Å². The Balaban J connectivity index is 1.83. The first-order valence-corrected chi connectivity index (χ1v) is 10.8. The van der Waals surface area contributed by atoms with Crippen LogP contribution in [0.3, 0.4) is 0 Å². The third-order valence-electron chi connectivity index (χ3n) is 4.65. The van der Waals surface area contributed by atoms with E-state index in [4.69, 9.17) is 11.6 Å². The van der Waals surface area contributed by atoms with Gasteiger partial charge in [-0.3, -0.25) is 14.3 Å². The number of hydrogen-bond acceptors (Lipinski definition) is 5. The molecule has 6 nitrogen and oxygen atoms in total. The van der Waals surface area contributed by atoms with Crippen molar-refractivity contribution >= 4 is 29.3 Å². The summed E-state index contributed by atoms with van der Waals surface area (Å²) in [5, 5.41) is 9.68. The molecule has 0 aliphatic heterocycles. The van der Waals surface area contributed by atoms with E-state index in [1.807, 2.05) is 71.3 Å². The number of nitrogens with zero attached hydrogens (tertiary/aromatic N) is 5. The first kappa shape index (κ1) is 21.1. The topological polar surface area (TPSA) is 63.9 Å². The van der Waals surface area contributed by atoms with Gasteiger partial charge >= 0.3 is 0 Å². The Morgan fingerprint density at radius 1 is 0.968 bits per heavy atom. The molecule has 1 amide bonds. The molecule has 0 aliphatic rings. The Morgan fingerprint density at radius 2 is 1.65 bits per heavy atom. The van der Waals surface area contributed by atoms with Crippen molar-refractivity contribution in [1.29, 1.82) is 0 Å². The SMILES string of the molecule is CN(C)C(=O)C(Sc1nnc(-c2ccncc2)n1-c1ccc(Cl)cc1)c1ccccc1. The molecule has 0 aliphatic carbocycles. The molecule has 4 aromatic rings. The predicted molar refractivity (Wildman–Crippen MR) is 123 cm³/mol. The minimum atomic E-state index is -0.461. The van der Waals surface area contributed by atoms with E-state index < -0.39 is 5.25 Å². The van der Waals surface area contributed by atoms with Crippen LogP contribution in [0, 0.1) is 0 Å². The number of thioether (sulfide) groups is 1. The summed E-state index contributed by atoms with van der Waals surface area (Å²) >= 11 is 7.48. The molecule has 0 bridgehead atoms. The van der Waals surface area contributed by atoms with Gasteiger partial charge in [0.1, 0.15) is 5.25 Å². The van der Waals surface area contributed by atoms with Crippen molar-refractivity contribution in [2.24, 2.45) is 0 Å². The lowest BCUT2D eigenvalue weighted by Gasteiger charge is -2.20. The zero-order valence-corrected chi connectivity index (χ0v) is 18.6. The number of rotatable bonds is 6. The lowest BCUT2D eigenvalue weighted by Crippen LogP contribution is -2.27. The number of hydrogen-bond donors (Lipinski definition) is 0. The lowest BCUT2D eigenvalue weighted by molar-refractivity contribution is -0.128. The van der Waals surface area contributed by atoms with Crippen molar-refractivity contribution in [2.75, 3.05) is 14.1 Å². The second kappa shape index (κ2) is 9.32. The largest absolute Gasteiger partial charge is 0.348 e. The zero-order valence-electron chi connectivity index (χ0n) is 17.0. The van der Waals surface area contributed by atoms with Gasteiger partial charge < -0.3 is 4.90 Å². The molecule has 0 saturated carbocycles. The van der Waals surface area contributed by atoms with Crippen LogP contribution in [0.2, 0.25) is 5.02 Å². The quantitative estimate of drug-likeness (QED) is 0.391. The summed E-state index contributed by atoms with van der Waals surface area (Å²) in [5.74, 6) is 0.642. The molecule has 2 heterocycles. The maximum atomic E-state index is 13.0. The van der Waals surface area contributed by atoms with Crippen LogP contribution < -0.4 is 0 Å². The molecule has 0 spiro atoms. The Hall–Kier alpha value is -3.16. The van der Waals surface area contributed by atoms with Crippen LogP contribution in [0.15, 0.2) is 84.3 Å². The number of likely N-dealkylation sites (N-methyl/N-ethyl adjacent to an activating group) is 1. The molecule has 8 heteroatoms. The van der Waals surface area contributed by atoms with Crippen molar-refractivity contribution in [1.82, 2.24) is 24.6 Å². The third-order valence-corrected chi connectivity index (χ3v) is 6.08. The van der Waals surface area contributed by atoms with E-state index in [2.05, 4.69) is 15.2 Å². The Morgan fingerprint density at radius 3 is 2.29 bits per heavy atom. The van der Waals surface area contributed by atoms with E-state index in [0.29, 0.717) is 16.0 Å². The van der Waals surface area contributed by atoms with Crippen molar-refractivity contribution in [3.8, 4) is 17.1 Å². The second-order valence-electron chi connectivity index (χ2n) is 7.00. The lowest BCUT2D eigenvalue weighted by atomic mass is 10.1. The number of amides is 1. The van der Waals surface area contributed by atoms with Crippen molar-refractivity contribution in [3.05, 3.63) is 89.7 Å². The summed E-state index contributed by atoms with van der Waals surface area (Å²) in [5.41, 5.74) is 2.63. The number of aromatic nitrogens is 4. The fourth-order valence-corrected chi connectivity index (χ4v) is 4.41. The van der Waals surface area contributed by atoms with E-state index in [1.165, 1.54) is 11.8 Å². The van der Waals surface area contributed by atoms with Gasteiger partial charge in [-0.2, -0.15) is 0 Å². The summed E-state index contributed by atoms with van der Waals surface area (Å²) in [7, 11) is 3.51. The number of halogens is 1. The van der Waals surface area contributed by atoms with Gasteiger partial charge in [0.2, 0.25) is 5.91 Å². The van der Waals surface area contributed by atoms with Crippen LogP contribution in [0.4, 0.5) is 0 Å². The number of carbonyl (C=O) groups excluding carboxylic acids is 1. The molecule has 2 aromatic heterocycles. The average Bonchev–Trinajstić information content (AvgIpc) is 3.22. The summed E-state index contributed by atoms with van der Waals surface area (Å²) in [6.45, 7) is 0. The zero-order chi connectivity index (χ0) is 21.8. The van der Waals surface area contributed by atoms with Crippen molar-refractivity contribution < 1.29 is 4.79 Å². The molecule has 0 N–H and O–H groups in total. The van der Waals surface area contributed by atoms with Crippen molar-refractivity contribution in [2.45, 2.75) is 10.4 Å². The first-order chi connectivity index (χ1) is 15.0. The Bertz CT molecular complexity index is 1160. The molecular formula is C23H20ClN5OS. The first-order valence-electron chi connectivity index (χ1n) is 9.59. The number of carbonyl (C=O) groups is 1. The highest BCUT2D eigenvalue weighted by molar-refractivity contribution is 8.00. The monoisotopic (exact) mass is 449 g/mol. The standard InChI is InChI=1S/C23H20ClN5OS/c1-28(2)22(30)20(16-6-4-3-5-7-16)31-23-27-26-21(17-12-14-25-15-13-17)29(23)19-10-8-18(24)9-11-19/h3-15,20H,1-2H3. The predicted octanol–water partition coefficient (Wildman–Crippen LogP) is 4.90. The molecular weight excluding hydrogens is 430 g/mol. The fraction of sp³-hybridized carbons (Fsp3) is 0.130. The van der Waals surface area contributed by atoms with Gasteiger partial charge in [0, 0.05) is 42.8 Å². The van der Waals surface area contributed by atoms with E-state index in [9.17, 15) is 4.79 Å². The molecule has 0 radical (unpaired) electrons. The normalized spacial score (nSPS) is 11.8. The van der Waals surface area contributed by atoms with Crippen LogP contribution in [-0.4, -0.2) is 44.7 Å². The minimum Gasteiger partial charge on any atom is -0.348 e. The molecule has 4 rings (SSSR count). The Kier molecular flexibility index (Phi) is 6.34. The molecule has 0 saturated heterocycles. The maximum absolute atomic E-state index is 13.0. The smallest absolute Gasteiger partial charge is 0.240 e. The van der Waals surface area contributed by atoms with Crippen LogP contribution in [0.5, 0.6) is 0 Å². The van der Waals surface area contributed by atoms with Gasteiger partial charge in [0.05, 0.1) is 0 Å². The third kappa shape index (κ3) is 4.62. The molecule has 1 atom stereocenters. The highest BCUT2D eigenvalue weighted by Gasteiger charge is 2.27. The fourth-order valence-electron chi connectivity index (χ4n) is 3.09. The summed E-state index contributed by atoms with van der Waals surface area (Å²) in [4.78, 5) is 18.7.